The van der Waals surface area contributed by atoms with E-state index in [1.807, 2.05) is 42.5 Å². The first-order valence-electron chi connectivity index (χ1n) is 8.41. The summed E-state index contributed by atoms with van der Waals surface area (Å²) in [5, 5.41) is 13.5. The molecule has 1 heterocycles. The number of Topliss-reactive ketones (excluding diaryl/α,β-unsaturated/α-hetero) is 1. The second-order valence-corrected chi connectivity index (χ2v) is 5.88. The molecule has 0 unspecified atom stereocenters. The molecule has 0 radical (unpaired) electrons. The first-order chi connectivity index (χ1) is 12.7. The molecule has 5 nitrogen and oxygen atoms in total. The molecule has 5 heteroatoms. The van der Waals surface area contributed by atoms with Crippen molar-refractivity contribution in [1.29, 1.82) is 5.26 Å². The van der Waals surface area contributed by atoms with E-state index in [0.717, 1.165) is 24.1 Å². The fourth-order valence-corrected chi connectivity index (χ4v) is 2.65. The van der Waals surface area contributed by atoms with Gasteiger partial charge in [0.15, 0.2) is 0 Å². The highest BCUT2D eigenvalue weighted by atomic mass is 16.1. The Morgan fingerprint density at radius 2 is 1.88 bits per heavy atom. The van der Waals surface area contributed by atoms with Gasteiger partial charge in [-0.05, 0) is 35.8 Å². The zero-order valence-corrected chi connectivity index (χ0v) is 14.5. The van der Waals surface area contributed by atoms with Crippen LogP contribution in [-0.4, -0.2) is 20.5 Å². The number of hydrogen-bond acceptors (Lipinski definition) is 4. The van der Waals surface area contributed by atoms with E-state index >= 15 is 0 Å². The Balaban J connectivity index is 1.81. The Labute approximate surface area is 152 Å². The van der Waals surface area contributed by atoms with Crippen molar-refractivity contribution >= 4 is 11.9 Å². The van der Waals surface area contributed by atoms with E-state index < -0.39 is 0 Å². The quantitative estimate of drug-likeness (QED) is 0.385. The van der Waals surface area contributed by atoms with Crippen LogP contribution in [0.5, 0.6) is 0 Å². The molecule has 0 N–H and O–H groups in total. The summed E-state index contributed by atoms with van der Waals surface area (Å²) < 4.78 is 1.64. The Kier molecular flexibility index (Phi) is 5.35. The third-order valence-electron chi connectivity index (χ3n) is 4.01. The number of hydrogen-bond donors (Lipinski definition) is 0. The minimum Gasteiger partial charge on any atom is -0.288 e. The third kappa shape index (κ3) is 3.93. The Hall–Kier alpha value is -3.52. The molecule has 26 heavy (non-hydrogen) atoms. The van der Waals surface area contributed by atoms with Crippen LogP contribution in [0.3, 0.4) is 0 Å². The Bertz CT molecular complexity index is 947. The number of aromatic nitrogens is 3. The topological polar surface area (TPSA) is 71.6 Å². The predicted molar refractivity (Wildman–Crippen MR) is 99.7 cm³/mol. The number of carbonyl (C=O) groups is 1. The predicted octanol–water partition coefficient (Wildman–Crippen LogP) is 4.01. The van der Waals surface area contributed by atoms with Gasteiger partial charge in [-0.2, -0.15) is 10.4 Å². The van der Waals surface area contributed by atoms with Gasteiger partial charge in [-0.1, -0.05) is 49.7 Å². The number of carbonyl (C=O) groups excluding carboxylic acids is 1. The second-order valence-electron chi connectivity index (χ2n) is 5.88. The van der Waals surface area contributed by atoms with Crippen molar-refractivity contribution in [2.45, 2.75) is 19.8 Å². The maximum Gasteiger partial charge on any atom is 0.203 e. The van der Waals surface area contributed by atoms with E-state index in [9.17, 15) is 10.1 Å². The van der Waals surface area contributed by atoms with E-state index in [1.165, 1.54) is 11.9 Å². The molecule has 128 valence electrons. The van der Waals surface area contributed by atoms with Gasteiger partial charge in [-0.3, -0.25) is 4.79 Å². The lowest BCUT2D eigenvalue weighted by molar-refractivity contribution is 0.104. The number of benzene rings is 2. The highest BCUT2D eigenvalue weighted by Crippen LogP contribution is 2.16. The van der Waals surface area contributed by atoms with Crippen LogP contribution in [-0.2, 0) is 6.42 Å². The van der Waals surface area contributed by atoms with Crippen LogP contribution in [0.2, 0.25) is 0 Å². The molecule has 3 aromatic rings. The summed E-state index contributed by atoms with van der Waals surface area (Å²) >= 11 is 0. The van der Waals surface area contributed by atoms with Crippen LogP contribution in [0.4, 0.5) is 0 Å². The zero-order valence-electron chi connectivity index (χ0n) is 14.5. The molecule has 0 aliphatic carbocycles. The number of nitrogens with zero attached hydrogens (tertiary/aromatic N) is 4. The molecule has 0 aliphatic rings. The van der Waals surface area contributed by atoms with Crippen molar-refractivity contribution in [2.24, 2.45) is 0 Å². The van der Waals surface area contributed by atoms with Gasteiger partial charge in [-0.25, -0.2) is 9.67 Å². The summed E-state index contributed by atoms with van der Waals surface area (Å²) in [5.74, 6) is -0.268. The van der Waals surface area contributed by atoms with Crippen LogP contribution < -0.4 is 0 Å². The number of nitriles is 1. The van der Waals surface area contributed by atoms with Gasteiger partial charge >= 0.3 is 0 Å². The number of allylic oxidation sites excluding steroid dienone is 1. The number of rotatable bonds is 6. The Morgan fingerprint density at radius 1 is 1.15 bits per heavy atom. The van der Waals surface area contributed by atoms with Crippen LogP contribution >= 0.6 is 0 Å². The highest BCUT2D eigenvalue weighted by molar-refractivity contribution is 6.14. The van der Waals surface area contributed by atoms with Crippen molar-refractivity contribution in [3.63, 3.8) is 0 Å². The maximum atomic E-state index is 12.6. The standard InChI is InChI=1S/C21H18N4O/c1-2-3-16-4-8-18(9-5-16)21(26)19(13-22)12-17-6-10-20(11-7-17)25-15-23-14-24-25/h4-12,14-15H,2-3H2,1H3/b19-12-. The minimum absolute atomic E-state index is 0.113. The van der Waals surface area contributed by atoms with Crippen LogP contribution in [0.1, 0.15) is 34.8 Å². The van der Waals surface area contributed by atoms with Crippen LogP contribution in [0, 0.1) is 11.3 Å². The van der Waals surface area contributed by atoms with Gasteiger partial charge < -0.3 is 0 Å². The molecule has 1 aromatic heterocycles. The summed E-state index contributed by atoms with van der Waals surface area (Å²) in [6, 6.07) is 16.9. The fraction of sp³-hybridized carbons (Fsp3) is 0.143. The lowest BCUT2D eigenvalue weighted by Gasteiger charge is -2.03. The van der Waals surface area contributed by atoms with Crippen molar-refractivity contribution < 1.29 is 4.79 Å². The largest absolute Gasteiger partial charge is 0.288 e. The normalized spacial score (nSPS) is 11.2. The summed E-state index contributed by atoms with van der Waals surface area (Å²) in [7, 11) is 0. The molecular weight excluding hydrogens is 324 g/mol. The van der Waals surface area contributed by atoms with Gasteiger partial charge in [0.1, 0.15) is 24.3 Å². The first-order valence-corrected chi connectivity index (χ1v) is 8.41. The molecule has 0 spiro atoms. The summed E-state index contributed by atoms with van der Waals surface area (Å²) in [6.45, 7) is 2.11. The monoisotopic (exact) mass is 342 g/mol. The van der Waals surface area contributed by atoms with Crippen molar-refractivity contribution in [2.75, 3.05) is 0 Å². The number of ketones is 1. The number of aryl methyl sites for hydroxylation is 1. The van der Waals surface area contributed by atoms with Crippen LogP contribution in [0.25, 0.3) is 11.8 Å². The lowest BCUT2D eigenvalue weighted by Crippen LogP contribution is -2.02. The average molecular weight is 342 g/mol. The van der Waals surface area contributed by atoms with Crippen molar-refractivity contribution in [3.8, 4) is 11.8 Å². The lowest BCUT2D eigenvalue weighted by atomic mass is 10.00. The fourth-order valence-electron chi connectivity index (χ4n) is 2.65. The van der Waals surface area contributed by atoms with Crippen molar-refractivity contribution in [3.05, 3.63) is 83.4 Å². The Morgan fingerprint density at radius 3 is 2.46 bits per heavy atom. The minimum atomic E-state index is -0.268. The highest BCUT2D eigenvalue weighted by Gasteiger charge is 2.12. The smallest absolute Gasteiger partial charge is 0.203 e. The van der Waals surface area contributed by atoms with E-state index in [1.54, 1.807) is 29.2 Å². The zero-order chi connectivity index (χ0) is 18.4. The molecule has 0 amide bonds. The molecular formula is C21H18N4O. The molecule has 2 aromatic carbocycles. The second kappa shape index (κ2) is 8.04. The van der Waals surface area contributed by atoms with Crippen molar-refractivity contribution in [1.82, 2.24) is 14.8 Å². The molecule has 0 saturated heterocycles. The SMILES string of the molecule is CCCc1ccc(C(=O)/C(C#N)=C\c2ccc(-n3cncn3)cc2)cc1. The molecule has 0 fully saturated rings. The van der Waals surface area contributed by atoms with E-state index in [2.05, 4.69) is 17.0 Å². The molecule has 0 atom stereocenters. The van der Waals surface area contributed by atoms with Gasteiger partial charge in [0, 0.05) is 5.56 Å². The first kappa shape index (κ1) is 17.3. The van der Waals surface area contributed by atoms with E-state index in [-0.39, 0.29) is 11.4 Å². The van der Waals surface area contributed by atoms with Crippen LogP contribution in [0.15, 0.2) is 66.8 Å². The molecule has 3 rings (SSSR count). The van der Waals surface area contributed by atoms with Gasteiger partial charge in [0.25, 0.3) is 0 Å². The summed E-state index contributed by atoms with van der Waals surface area (Å²) in [6.07, 6.45) is 6.71. The maximum absolute atomic E-state index is 12.6. The van der Waals surface area contributed by atoms with Gasteiger partial charge in [0.2, 0.25) is 5.78 Å². The molecule has 0 aliphatic heterocycles. The molecule has 0 bridgehead atoms. The molecule has 0 saturated carbocycles. The average Bonchev–Trinajstić information content (AvgIpc) is 3.22. The summed E-state index contributed by atoms with van der Waals surface area (Å²) in [5.41, 5.74) is 3.46. The van der Waals surface area contributed by atoms with E-state index in [4.69, 9.17) is 0 Å². The van der Waals surface area contributed by atoms with Gasteiger partial charge in [0.05, 0.1) is 5.69 Å². The summed E-state index contributed by atoms with van der Waals surface area (Å²) in [4.78, 5) is 16.5. The third-order valence-corrected chi connectivity index (χ3v) is 4.01. The van der Waals surface area contributed by atoms with Gasteiger partial charge in [-0.15, -0.1) is 0 Å². The van der Waals surface area contributed by atoms with E-state index in [0.29, 0.717) is 5.56 Å².